The fourth-order valence-corrected chi connectivity index (χ4v) is 2.66. The fraction of sp³-hybridized carbons (Fsp3) is 0.0909. The number of nitrogens with one attached hydrogen (secondary N) is 2. The summed E-state index contributed by atoms with van der Waals surface area (Å²) in [7, 11) is 1.78. The molecule has 134 valence electrons. The van der Waals surface area contributed by atoms with Crippen LogP contribution in [0.5, 0.6) is 5.75 Å². The first-order valence-electron chi connectivity index (χ1n) is 8.49. The molecule has 0 heterocycles. The average molecular weight is 357 g/mol. The molecule has 0 aliphatic rings. The van der Waals surface area contributed by atoms with Gasteiger partial charge in [0.15, 0.2) is 0 Å². The van der Waals surface area contributed by atoms with Gasteiger partial charge in [0, 0.05) is 24.5 Å². The number of rotatable bonds is 6. The number of carbonyl (C=O) groups is 1. The Morgan fingerprint density at radius 3 is 2.67 bits per heavy atom. The first kappa shape index (κ1) is 18.0. The molecule has 3 rings (SSSR count). The molecule has 0 saturated heterocycles. The van der Waals surface area contributed by atoms with Gasteiger partial charge in [0.1, 0.15) is 12.4 Å². The molecule has 0 unspecified atom stereocenters. The van der Waals surface area contributed by atoms with Gasteiger partial charge in [-0.2, -0.15) is 5.26 Å². The van der Waals surface area contributed by atoms with Crippen LogP contribution in [0.4, 0.5) is 11.4 Å². The van der Waals surface area contributed by atoms with Gasteiger partial charge in [-0.3, -0.25) is 4.79 Å². The van der Waals surface area contributed by atoms with Gasteiger partial charge in [0.05, 0.1) is 17.2 Å². The van der Waals surface area contributed by atoms with E-state index >= 15 is 0 Å². The number of nitriles is 1. The number of ether oxygens (including phenoxy) is 1. The van der Waals surface area contributed by atoms with Crippen molar-refractivity contribution in [1.29, 1.82) is 5.26 Å². The van der Waals surface area contributed by atoms with Crippen molar-refractivity contribution in [2.24, 2.45) is 0 Å². The molecular formula is C22H19N3O2. The standard InChI is InChI=1S/C22H19N3O2/c1-24-21-11-3-2-10-20(21)22(26)25-18-8-5-9-19(13-18)27-15-17-7-4-6-16(12-17)14-23/h2-13,24H,15H2,1H3,(H,25,26). The zero-order chi connectivity index (χ0) is 19.1. The second kappa shape index (κ2) is 8.54. The van der Waals surface area contributed by atoms with Crippen molar-refractivity contribution < 1.29 is 9.53 Å². The van der Waals surface area contributed by atoms with Gasteiger partial charge >= 0.3 is 0 Å². The van der Waals surface area contributed by atoms with Crippen molar-refractivity contribution in [2.75, 3.05) is 17.7 Å². The predicted octanol–water partition coefficient (Wildman–Crippen LogP) is 4.43. The number of hydrogen-bond donors (Lipinski definition) is 2. The van der Waals surface area contributed by atoms with Crippen LogP contribution in [0.2, 0.25) is 0 Å². The number of nitrogens with zero attached hydrogens (tertiary/aromatic N) is 1. The van der Waals surface area contributed by atoms with Crippen LogP contribution in [0.1, 0.15) is 21.5 Å². The van der Waals surface area contributed by atoms with Crippen LogP contribution in [0, 0.1) is 11.3 Å². The lowest BCUT2D eigenvalue weighted by Gasteiger charge is -2.11. The van der Waals surface area contributed by atoms with Crippen molar-refractivity contribution in [3.05, 3.63) is 89.5 Å². The average Bonchev–Trinajstić information content (AvgIpc) is 2.72. The zero-order valence-corrected chi connectivity index (χ0v) is 14.9. The van der Waals surface area contributed by atoms with Crippen molar-refractivity contribution in [1.82, 2.24) is 0 Å². The maximum atomic E-state index is 12.5. The lowest BCUT2D eigenvalue weighted by atomic mass is 10.1. The lowest BCUT2D eigenvalue weighted by molar-refractivity contribution is 0.102. The molecule has 0 aromatic heterocycles. The highest BCUT2D eigenvalue weighted by atomic mass is 16.5. The Hall–Kier alpha value is -3.78. The largest absolute Gasteiger partial charge is 0.489 e. The normalized spacial score (nSPS) is 9.93. The van der Waals surface area contributed by atoms with Gasteiger partial charge in [-0.05, 0) is 42.0 Å². The summed E-state index contributed by atoms with van der Waals surface area (Å²) in [5.41, 5.74) is 3.49. The van der Waals surface area contributed by atoms with E-state index in [1.807, 2.05) is 48.5 Å². The molecule has 0 saturated carbocycles. The van der Waals surface area contributed by atoms with Gasteiger partial charge < -0.3 is 15.4 Å². The summed E-state index contributed by atoms with van der Waals surface area (Å²) in [5, 5.41) is 14.9. The zero-order valence-electron chi connectivity index (χ0n) is 14.9. The Labute approximate surface area is 158 Å². The third kappa shape index (κ3) is 4.65. The molecule has 0 bridgehead atoms. The monoisotopic (exact) mass is 357 g/mol. The molecule has 0 radical (unpaired) electrons. The Kier molecular flexibility index (Phi) is 5.70. The highest BCUT2D eigenvalue weighted by molar-refractivity contribution is 6.08. The first-order chi connectivity index (χ1) is 13.2. The molecular weight excluding hydrogens is 338 g/mol. The maximum Gasteiger partial charge on any atom is 0.257 e. The number of amides is 1. The van der Waals surface area contributed by atoms with E-state index < -0.39 is 0 Å². The molecule has 3 aromatic carbocycles. The van der Waals surface area contributed by atoms with Gasteiger partial charge in [-0.1, -0.05) is 30.3 Å². The first-order valence-corrected chi connectivity index (χ1v) is 8.49. The van der Waals surface area contributed by atoms with E-state index in [0.717, 1.165) is 11.3 Å². The molecule has 2 N–H and O–H groups in total. The fourth-order valence-electron chi connectivity index (χ4n) is 2.66. The van der Waals surface area contributed by atoms with Gasteiger partial charge in [-0.25, -0.2) is 0 Å². The number of benzene rings is 3. The number of para-hydroxylation sites is 1. The van der Waals surface area contributed by atoms with Crippen LogP contribution in [0.3, 0.4) is 0 Å². The summed E-state index contributed by atoms with van der Waals surface area (Å²) in [4.78, 5) is 12.5. The molecule has 0 fully saturated rings. The van der Waals surface area contributed by atoms with E-state index in [0.29, 0.717) is 29.2 Å². The summed E-state index contributed by atoms with van der Waals surface area (Å²) in [6.07, 6.45) is 0. The van der Waals surface area contributed by atoms with Crippen LogP contribution >= 0.6 is 0 Å². The smallest absolute Gasteiger partial charge is 0.257 e. The van der Waals surface area contributed by atoms with E-state index in [-0.39, 0.29) is 5.91 Å². The molecule has 0 atom stereocenters. The molecule has 0 aliphatic carbocycles. The van der Waals surface area contributed by atoms with Crippen molar-refractivity contribution in [2.45, 2.75) is 6.61 Å². The number of carbonyl (C=O) groups excluding carboxylic acids is 1. The minimum Gasteiger partial charge on any atom is -0.489 e. The van der Waals surface area contributed by atoms with Crippen LogP contribution < -0.4 is 15.4 Å². The van der Waals surface area contributed by atoms with Crippen LogP contribution in [0.25, 0.3) is 0 Å². The summed E-state index contributed by atoms with van der Waals surface area (Å²) in [5.74, 6) is 0.441. The molecule has 0 spiro atoms. The Morgan fingerprint density at radius 1 is 1.04 bits per heavy atom. The highest BCUT2D eigenvalue weighted by Gasteiger charge is 2.10. The summed E-state index contributed by atoms with van der Waals surface area (Å²) < 4.78 is 5.79. The molecule has 0 aliphatic heterocycles. The molecule has 3 aromatic rings. The van der Waals surface area contributed by atoms with Crippen molar-refractivity contribution in [3.8, 4) is 11.8 Å². The topological polar surface area (TPSA) is 74.2 Å². The Balaban J connectivity index is 1.68. The van der Waals surface area contributed by atoms with E-state index in [2.05, 4.69) is 16.7 Å². The molecule has 1 amide bonds. The summed E-state index contributed by atoms with van der Waals surface area (Å²) in [6.45, 7) is 0.343. The second-order valence-corrected chi connectivity index (χ2v) is 5.88. The van der Waals surface area contributed by atoms with Gasteiger partial charge in [0.2, 0.25) is 0 Å². The third-order valence-corrected chi connectivity index (χ3v) is 3.99. The minimum atomic E-state index is -0.196. The summed E-state index contributed by atoms with van der Waals surface area (Å²) >= 11 is 0. The van der Waals surface area contributed by atoms with E-state index in [4.69, 9.17) is 10.00 Å². The second-order valence-electron chi connectivity index (χ2n) is 5.88. The third-order valence-electron chi connectivity index (χ3n) is 3.99. The van der Waals surface area contributed by atoms with Crippen LogP contribution in [-0.2, 0) is 6.61 Å². The van der Waals surface area contributed by atoms with Crippen LogP contribution in [-0.4, -0.2) is 13.0 Å². The quantitative estimate of drug-likeness (QED) is 0.684. The molecule has 5 heteroatoms. The van der Waals surface area contributed by atoms with E-state index in [9.17, 15) is 4.79 Å². The Morgan fingerprint density at radius 2 is 1.85 bits per heavy atom. The van der Waals surface area contributed by atoms with Gasteiger partial charge in [0.25, 0.3) is 5.91 Å². The van der Waals surface area contributed by atoms with Gasteiger partial charge in [-0.15, -0.1) is 0 Å². The molecule has 5 nitrogen and oxygen atoms in total. The minimum absolute atomic E-state index is 0.196. The predicted molar refractivity (Wildman–Crippen MR) is 106 cm³/mol. The van der Waals surface area contributed by atoms with E-state index in [1.165, 1.54) is 0 Å². The maximum absolute atomic E-state index is 12.5. The highest BCUT2D eigenvalue weighted by Crippen LogP contribution is 2.21. The SMILES string of the molecule is CNc1ccccc1C(=O)Nc1cccc(OCc2cccc(C#N)c2)c1. The van der Waals surface area contributed by atoms with Crippen molar-refractivity contribution >= 4 is 17.3 Å². The van der Waals surface area contributed by atoms with Crippen LogP contribution in [0.15, 0.2) is 72.8 Å². The number of hydrogen-bond acceptors (Lipinski definition) is 4. The Bertz CT molecular complexity index is 993. The van der Waals surface area contributed by atoms with E-state index in [1.54, 1.807) is 31.3 Å². The lowest BCUT2D eigenvalue weighted by Crippen LogP contribution is -2.13. The van der Waals surface area contributed by atoms with Crippen molar-refractivity contribution in [3.63, 3.8) is 0 Å². The number of anilines is 2. The summed E-state index contributed by atoms with van der Waals surface area (Å²) in [6, 6.07) is 23.9. The molecule has 27 heavy (non-hydrogen) atoms.